The monoisotopic (exact) mass is 228 g/mol. The molecular weight excluding hydrogens is 212 g/mol. The van der Waals surface area contributed by atoms with Crippen molar-refractivity contribution in [3.63, 3.8) is 0 Å². The first-order chi connectivity index (χ1) is 5.53. The van der Waals surface area contributed by atoms with E-state index in [1.54, 1.807) is 0 Å². The Labute approximate surface area is 83.6 Å². The van der Waals surface area contributed by atoms with Gasteiger partial charge in [-0.05, 0) is 30.6 Å². The molecule has 0 aromatic heterocycles. The Hall–Kier alpha value is 0.220. The maximum Gasteiger partial charge on any atom is 0.0125 e. The van der Waals surface area contributed by atoms with Gasteiger partial charge in [-0.15, -0.1) is 0 Å². The van der Waals surface area contributed by atoms with Crippen molar-refractivity contribution in [1.82, 2.24) is 0 Å². The second-order valence-electron chi connectivity index (χ2n) is 5.05. The fourth-order valence-corrected chi connectivity index (χ4v) is 4.00. The summed E-state index contributed by atoms with van der Waals surface area (Å²) in [6.45, 7) is 9.03. The van der Waals surface area contributed by atoms with E-state index in [9.17, 15) is 0 Å². The highest BCUT2D eigenvalue weighted by atomic mass is 79.9. The van der Waals surface area contributed by atoms with Crippen molar-refractivity contribution in [2.75, 3.05) is 5.33 Å². The summed E-state index contributed by atoms with van der Waals surface area (Å²) in [5.41, 5.74) is 2.38. The number of halogens is 1. The standard InChI is InChI=1S/C11H17Br/c1-8-10(2,3)9-4-5-11(8,6-9)7-12/h9H,1,4-7H2,2-3H3/t9-,11+/m1/s1. The molecule has 0 aromatic carbocycles. The molecule has 0 nitrogen and oxygen atoms in total. The van der Waals surface area contributed by atoms with Crippen LogP contribution in [-0.4, -0.2) is 5.33 Å². The van der Waals surface area contributed by atoms with E-state index < -0.39 is 0 Å². The number of rotatable bonds is 1. The molecule has 0 amide bonds. The predicted molar refractivity (Wildman–Crippen MR) is 56.5 cm³/mol. The van der Waals surface area contributed by atoms with Gasteiger partial charge in [0.05, 0.1) is 0 Å². The average Bonchev–Trinajstić information content (AvgIpc) is 2.53. The third-order valence-electron chi connectivity index (χ3n) is 4.30. The molecule has 1 heteroatoms. The zero-order chi connectivity index (χ0) is 8.98. The van der Waals surface area contributed by atoms with Crippen LogP contribution in [0.3, 0.4) is 0 Å². The van der Waals surface area contributed by atoms with Gasteiger partial charge in [0.2, 0.25) is 0 Å². The van der Waals surface area contributed by atoms with Gasteiger partial charge in [-0.2, -0.15) is 0 Å². The van der Waals surface area contributed by atoms with E-state index >= 15 is 0 Å². The van der Waals surface area contributed by atoms with Crippen LogP contribution >= 0.6 is 15.9 Å². The van der Waals surface area contributed by atoms with Crippen LogP contribution in [0.2, 0.25) is 0 Å². The molecule has 0 aliphatic heterocycles. The molecule has 2 atom stereocenters. The van der Waals surface area contributed by atoms with Crippen molar-refractivity contribution in [2.24, 2.45) is 16.7 Å². The summed E-state index contributed by atoms with van der Waals surface area (Å²) in [6.07, 6.45) is 4.16. The fourth-order valence-electron chi connectivity index (χ4n) is 3.15. The van der Waals surface area contributed by atoms with Crippen LogP contribution in [0, 0.1) is 16.7 Å². The molecule has 0 spiro atoms. The first kappa shape index (κ1) is 8.80. The van der Waals surface area contributed by atoms with Crippen molar-refractivity contribution in [3.8, 4) is 0 Å². The minimum absolute atomic E-state index is 0.409. The van der Waals surface area contributed by atoms with Crippen LogP contribution in [0.25, 0.3) is 0 Å². The van der Waals surface area contributed by atoms with Gasteiger partial charge >= 0.3 is 0 Å². The van der Waals surface area contributed by atoms with Gasteiger partial charge in [-0.25, -0.2) is 0 Å². The highest BCUT2D eigenvalue weighted by Gasteiger charge is 2.56. The smallest absolute Gasteiger partial charge is 0.0125 e. The maximum absolute atomic E-state index is 4.30. The molecule has 0 aromatic rings. The lowest BCUT2D eigenvalue weighted by molar-refractivity contribution is 0.276. The van der Waals surface area contributed by atoms with Crippen LogP contribution in [0.1, 0.15) is 33.1 Å². The minimum atomic E-state index is 0.409. The Morgan fingerprint density at radius 1 is 1.58 bits per heavy atom. The SMILES string of the molecule is C=C1C(C)(C)[C@@H]2CC[C@@]1(CBr)C2. The maximum atomic E-state index is 4.30. The highest BCUT2D eigenvalue weighted by molar-refractivity contribution is 9.09. The number of allylic oxidation sites excluding steroid dienone is 1. The molecule has 0 N–H and O–H groups in total. The summed E-state index contributed by atoms with van der Waals surface area (Å²) in [5, 5.41) is 1.12. The molecule has 0 heterocycles. The molecule has 12 heavy (non-hydrogen) atoms. The number of alkyl halides is 1. The van der Waals surface area contributed by atoms with Crippen LogP contribution in [-0.2, 0) is 0 Å². The average molecular weight is 229 g/mol. The van der Waals surface area contributed by atoms with Gasteiger partial charge < -0.3 is 0 Å². The van der Waals surface area contributed by atoms with Gasteiger partial charge in [0, 0.05) is 10.7 Å². The number of fused-ring (bicyclic) bond motifs is 2. The Balaban J connectivity index is 2.38. The molecular formula is C11H17Br. The summed E-state index contributed by atoms with van der Waals surface area (Å²) < 4.78 is 0. The van der Waals surface area contributed by atoms with Crippen molar-refractivity contribution >= 4 is 15.9 Å². The van der Waals surface area contributed by atoms with E-state index in [0.29, 0.717) is 10.8 Å². The molecule has 0 unspecified atom stereocenters. The van der Waals surface area contributed by atoms with Crippen LogP contribution in [0.5, 0.6) is 0 Å². The molecule has 0 saturated heterocycles. The molecule has 2 rings (SSSR count). The van der Waals surface area contributed by atoms with Gasteiger partial charge in [0.15, 0.2) is 0 Å². The van der Waals surface area contributed by atoms with Gasteiger partial charge in [-0.3, -0.25) is 0 Å². The van der Waals surface area contributed by atoms with Crippen molar-refractivity contribution in [3.05, 3.63) is 12.2 Å². The third kappa shape index (κ3) is 0.837. The highest BCUT2D eigenvalue weighted by Crippen LogP contribution is 2.65. The molecule has 68 valence electrons. The molecule has 2 fully saturated rings. The predicted octanol–water partition coefficient (Wildman–Crippen LogP) is 3.76. The van der Waals surface area contributed by atoms with Gasteiger partial charge in [0.1, 0.15) is 0 Å². The third-order valence-corrected chi connectivity index (χ3v) is 5.38. The summed E-state index contributed by atoms with van der Waals surface area (Å²) in [4.78, 5) is 0. The van der Waals surface area contributed by atoms with E-state index in [1.807, 2.05) is 0 Å². The number of hydrogen-bond acceptors (Lipinski definition) is 0. The van der Waals surface area contributed by atoms with E-state index in [2.05, 4.69) is 36.4 Å². The van der Waals surface area contributed by atoms with E-state index in [-0.39, 0.29) is 0 Å². The second kappa shape index (κ2) is 2.37. The molecule has 2 aliphatic carbocycles. The lowest BCUT2D eigenvalue weighted by Gasteiger charge is -2.37. The van der Waals surface area contributed by atoms with E-state index in [0.717, 1.165) is 11.2 Å². The summed E-state index contributed by atoms with van der Waals surface area (Å²) in [7, 11) is 0. The molecule has 0 radical (unpaired) electrons. The zero-order valence-electron chi connectivity index (χ0n) is 7.99. The Morgan fingerprint density at radius 2 is 2.25 bits per heavy atom. The van der Waals surface area contributed by atoms with E-state index in [1.165, 1.54) is 24.8 Å². The van der Waals surface area contributed by atoms with Crippen LogP contribution in [0.15, 0.2) is 12.2 Å². The minimum Gasteiger partial charge on any atom is -0.0987 e. The molecule has 2 saturated carbocycles. The lowest BCUT2D eigenvalue weighted by atomic mass is 9.69. The van der Waals surface area contributed by atoms with Crippen LogP contribution < -0.4 is 0 Å². The fraction of sp³-hybridized carbons (Fsp3) is 0.818. The Kier molecular flexibility index (Phi) is 1.74. The van der Waals surface area contributed by atoms with Gasteiger partial charge in [0.25, 0.3) is 0 Å². The molecule has 2 bridgehead atoms. The quantitative estimate of drug-likeness (QED) is 0.474. The first-order valence-corrected chi connectivity index (χ1v) is 5.91. The van der Waals surface area contributed by atoms with Crippen molar-refractivity contribution < 1.29 is 0 Å². The summed E-state index contributed by atoms with van der Waals surface area (Å²) in [5.74, 6) is 0.905. The Bertz CT molecular complexity index is 229. The number of hydrogen-bond donors (Lipinski definition) is 0. The van der Waals surface area contributed by atoms with E-state index in [4.69, 9.17) is 0 Å². The normalized spacial score (nSPS) is 43.9. The Morgan fingerprint density at radius 3 is 2.58 bits per heavy atom. The van der Waals surface area contributed by atoms with Gasteiger partial charge in [-0.1, -0.05) is 41.9 Å². The lowest BCUT2D eigenvalue weighted by Crippen LogP contribution is -2.28. The second-order valence-corrected chi connectivity index (χ2v) is 5.61. The van der Waals surface area contributed by atoms with Crippen molar-refractivity contribution in [2.45, 2.75) is 33.1 Å². The van der Waals surface area contributed by atoms with Crippen LogP contribution in [0.4, 0.5) is 0 Å². The molecule has 2 aliphatic rings. The largest absolute Gasteiger partial charge is 0.0987 e. The van der Waals surface area contributed by atoms with Crippen molar-refractivity contribution in [1.29, 1.82) is 0 Å². The summed E-state index contributed by atoms with van der Waals surface area (Å²) >= 11 is 3.65. The zero-order valence-corrected chi connectivity index (χ0v) is 9.58. The topological polar surface area (TPSA) is 0 Å². The summed E-state index contributed by atoms with van der Waals surface area (Å²) in [6, 6.07) is 0. The first-order valence-electron chi connectivity index (χ1n) is 4.79.